The number of carbonyl (C=O) groups excluding carboxylic acids is 1. The molecule has 2 rings (SSSR count). The molecule has 96 valence electrons. The highest BCUT2D eigenvalue weighted by molar-refractivity contribution is 6.06. The summed E-state index contributed by atoms with van der Waals surface area (Å²) in [7, 11) is 0. The summed E-state index contributed by atoms with van der Waals surface area (Å²) in [5, 5.41) is 14.1. The first-order chi connectivity index (χ1) is 9.20. The Morgan fingerprint density at radius 3 is 2.63 bits per heavy atom. The van der Waals surface area contributed by atoms with Crippen molar-refractivity contribution in [3.8, 4) is 0 Å². The average molecular weight is 257 g/mol. The predicted molar refractivity (Wildman–Crippen MR) is 68.9 cm³/mol. The summed E-state index contributed by atoms with van der Waals surface area (Å²) in [6.07, 6.45) is 4.34. The van der Waals surface area contributed by atoms with E-state index in [0.717, 1.165) is 0 Å². The lowest BCUT2D eigenvalue weighted by Gasteiger charge is -2.05. The number of nitrogens with zero attached hydrogens (tertiary/aromatic N) is 3. The Hall–Kier alpha value is -2.96. The lowest BCUT2D eigenvalue weighted by Crippen LogP contribution is -2.16. The molecule has 0 aliphatic carbocycles. The van der Waals surface area contributed by atoms with E-state index in [1.165, 1.54) is 24.8 Å². The Morgan fingerprint density at radius 1 is 1.26 bits per heavy atom. The van der Waals surface area contributed by atoms with Crippen molar-refractivity contribution in [2.45, 2.75) is 0 Å². The van der Waals surface area contributed by atoms with E-state index in [4.69, 9.17) is 10.9 Å². The molecule has 0 unspecified atom stereocenters. The van der Waals surface area contributed by atoms with Crippen LogP contribution in [0.1, 0.15) is 15.9 Å². The molecule has 1 heterocycles. The van der Waals surface area contributed by atoms with E-state index in [1.807, 2.05) is 0 Å². The number of hydrogen-bond acceptors (Lipinski definition) is 5. The van der Waals surface area contributed by atoms with Gasteiger partial charge in [0.25, 0.3) is 5.91 Å². The minimum absolute atomic E-state index is 0.0577. The van der Waals surface area contributed by atoms with Crippen LogP contribution in [-0.2, 0) is 0 Å². The second kappa shape index (κ2) is 5.58. The van der Waals surface area contributed by atoms with E-state index in [9.17, 15) is 4.79 Å². The van der Waals surface area contributed by atoms with Crippen LogP contribution in [0.25, 0.3) is 0 Å². The minimum Gasteiger partial charge on any atom is -0.409 e. The number of nitrogens with two attached hydrogens (primary N) is 1. The van der Waals surface area contributed by atoms with E-state index >= 15 is 0 Å². The molecule has 2 aromatic rings. The molecule has 7 heteroatoms. The number of oxime groups is 1. The standard InChI is InChI=1S/C12H11N5O2/c13-11(17-19)8-2-1-3-9(4-8)12(18)16-10-5-14-7-15-6-10/h1-7,19H,(H2,13,17)(H,16,18). The normalized spacial score (nSPS) is 11.1. The number of rotatable bonds is 3. The Bertz CT molecular complexity index is 613. The smallest absolute Gasteiger partial charge is 0.255 e. The van der Waals surface area contributed by atoms with Gasteiger partial charge in [0.15, 0.2) is 5.84 Å². The molecule has 0 atom stereocenters. The lowest BCUT2D eigenvalue weighted by molar-refractivity contribution is 0.102. The van der Waals surface area contributed by atoms with Crippen molar-refractivity contribution in [3.63, 3.8) is 0 Å². The van der Waals surface area contributed by atoms with Crippen molar-refractivity contribution in [2.24, 2.45) is 10.9 Å². The first-order valence-corrected chi connectivity index (χ1v) is 5.35. The third-order valence-electron chi connectivity index (χ3n) is 2.35. The number of benzene rings is 1. The van der Waals surface area contributed by atoms with Gasteiger partial charge in [-0.15, -0.1) is 0 Å². The van der Waals surface area contributed by atoms with E-state index < -0.39 is 0 Å². The van der Waals surface area contributed by atoms with Gasteiger partial charge >= 0.3 is 0 Å². The van der Waals surface area contributed by atoms with Gasteiger partial charge in [-0.25, -0.2) is 9.97 Å². The van der Waals surface area contributed by atoms with Gasteiger partial charge in [0, 0.05) is 11.1 Å². The second-order valence-electron chi connectivity index (χ2n) is 3.65. The zero-order valence-corrected chi connectivity index (χ0v) is 9.82. The second-order valence-corrected chi connectivity index (χ2v) is 3.65. The number of amides is 1. The molecule has 0 radical (unpaired) electrons. The largest absolute Gasteiger partial charge is 0.409 e. The number of aromatic nitrogens is 2. The summed E-state index contributed by atoms with van der Waals surface area (Å²) < 4.78 is 0. The molecule has 4 N–H and O–H groups in total. The van der Waals surface area contributed by atoms with Crippen LogP contribution in [0.5, 0.6) is 0 Å². The fraction of sp³-hybridized carbons (Fsp3) is 0. The van der Waals surface area contributed by atoms with Crippen molar-refractivity contribution in [3.05, 3.63) is 54.1 Å². The molecule has 19 heavy (non-hydrogen) atoms. The lowest BCUT2D eigenvalue weighted by atomic mass is 10.1. The number of nitrogens with one attached hydrogen (secondary N) is 1. The molecule has 1 aromatic carbocycles. The van der Waals surface area contributed by atoms with Crippen LogP contribution in [0.15, 0.2) is 48.1 Å². The third kappa shape index (κ3) is 3.03. The molecule has 1 aromatic heterocycles. The van der Waals surface area contributed by atoms with Crippen molar-refractivity contribution in [1.82, 2.24) is 9.97 Å². The summed E-state index contributed by atoms with van der Waals surface area (Å²) in [6, 6.07) is 6.42. The summed E-state index contributed by atoms with van der Waals surface area (Å²) in [5.41, 5.74) is 6.79. The van der Waals surface area contributed by atoms with E-state index in [-0.39, 0.29) is 11.7 Å². The zero-order chi connectivity index (χ0) is 13.7. The predicted octanol–water partition coefficient (Wildman–Crippen LogP) is 0.823. The Kier molecular flexibility index (Phi) is 3.67. The average Bonchev–Trinajstić information content (AvgIpc) is 2.47. The molecule has 0 aliphatic rings. The maximum Gasteiger partial charge on any atom is 0.255 e. The third-order valence-corrected chi connectivity index (χ3v) is 2.35. The Balaban J connectivity index is 2.20. The molecule has 0 saturated heterocycles. The molecule has 0 saturated carbocycles. The van der Waals surface area contributed by atoms with Crippen LogP contribution < -0.4 is 11.1 Å². The molecule has 0 bridgehead atoms. The van der Waals surface area contributed by atoms with Crippen molar-refractivity contribution in [2.75, 3.05) is 5.32 Å². The van der Waals surface area contributed by atoms with E-state index in [0.29, 0.717) is 16.8 Å². The topological polar surface area (TPSA) is 113 Å². The molecular weight excluding hydrogens is 246 g/mol. The highest BCUT2D eigenvalue weighted by Crippen LogP contribution is 2.08. The molecule has 0 aliphatic heterocycles. The van der Waals surface area contributed by atoms with Gasteiger partial charge in [0.2, 0.25) is 0 Å². The van der Waals surface area contributed by atoms with Gasteiger partial charge in [0.1, 0.15) is 6.33 Å². The molecule has 1 amide bonds. The molecule has 7 nitrogen and oxygen atoms in total. The van der Waals surface area contributed by atoms with Crippen molar-refractivity contribution >= 4 is 17.4 Å². The zero-order valence-electron chi connectivity index (χ0n) is 9.82. The Morgan fingerprint density at radius 2 is 1.95 bits per heavy atom. The first kappa shape index (κ1) is 12.5. The first-order valence-electron chi connectivity index (χ1n) is 5.35. The highest BCUT2D eigenvalue weighted by Gasteiger charge is 2.08. The Labute approximate surface area is 108 Å². The minimum atomic E-state index is -0.331. The van der Waals surface area contributed by atoms with Crippen molar-refractivity contribution in [1.29, 1.82) is 0 Å². The highest BCUT2D eigenvalue weighted by atomic mass is 16.4. The van der Waals surface area contributed by atoms with Gasteiger partial charge in [-0.1, -0.05) is 17.3 Å². The van der Waals surface area contributed by atoms with E-state index in [2.05, 4.69) is 20.4 Å². The van der Waals surface area contributed by atoms with E-state index in [1.54, 1.807) is 18.2 Å². The number of anilines is 1. The molecule has 0 spiro atoms. The quantitative estimate of drug-likeness (QED) is 0.326. The maximum absolute atomic E-state index is 12.0. The fourth-order valence-electron chi connectivity index (χ4n) is 1.44. The number of amidine groups is 1. The van der Waals surface area contributed by atoms with Crippen LogP contribution >= 0.6 is 0 Å². The molecular formula is C12H11N5O2. The SMILES string of the molecule is N/C(=N/O)c1cccc(C(=O)Nc2cncnc2)c1. The summed E-state index contributed by atoms with van der Waals surface area (Å²) in [4.78, 5) is 19.6. The number of carbonyl (C=O) groups is 1. The number of hydrogen-bond donors (Lipinski definition) is 3. The summed E-state index contributed by atoms with van der Waals surface area (Å²) >= 11 is 0. The van der Waals surface area contributed by atoms with Gasteiger partial charge < -0.3 is 16.3 Å². The summed E-state index contributed by atoms with van der Waals surface area (Å²) in [6.45, 7) is 0. The maximum atomic E-state index is 12.0. The van der Waals surface area contributed by atoms with Crippen LogP contribution in [0, 0.1) is 0 Å². The summed E-state index contributed by atoms with van der Waals surface area (Å²) in [5.74, 6) is -0.389. The molecule has 0 fully saturated rings. The van der Waals surface area contributed by atoms with Crippen molar-refractivity contribution < 1.29 is 10.0 Å². The monoisotopic (exact) mass is 257 g/mol. The van der Waals surface area contributed by atoms with Crippen LogP contribution in [0.4, 0.5) is 5.69 Å². The van der Waals surface area contributed by atoms with Gasteiger partial charge in [-0.3, -0.25) is 4.79 Å². The fourth-order valence-corrected chi connectivity index (χ4v) is 1.44. The van der Waals surface area contributed by atoms with Gasteiger partial charge in [0.05, 0.1) is 18.1 Å². The van der Waals surface area contributed by atoms with Crippen LogP contribution in [-0.4, -0.2) is 26.9 Å². The van der Waals surface area contributed by atoms with Crippen LogP contribution in [0.3, 0.4) is 0 Å². The van der Waals surface area contributed by atoms with Crippen LogP contribution in [0.2, 0.25) is 0 Å². The van der Waals surface area contributed by atoms with Gasteiger partial charge in [-0.2, -0.15) is 0 Å². The van der Waals surface area contributed by atoms with Gasteiger partial charge in [-0.05, 0) is 12.1 Å².